The molecule has 0 bridgehead atoms. The van der Waals surface area contributed by atoms with Gasteiger partial charge in [0.05, 0.1) is 6.20 Å². The summed E-state index contributed by atoms with van der Waals surface area (Å²) >= 11 is 1.11. The number of pyridine rings is 1. The van der Waals surface area contributed by atoms with Crippen molar-refractivity contribution in [2.45, 2.75) is 0 Å². The van der Waals surface area contributed by atoms with E-state index in [2.05, 4.69) is 36.0 Å². The summed E-state index contributed by atoms with van der Waals surface area (Å²) in [6.45, 7) is 0. The quantitative estimate of drug-likeness (QED) is 0.654. The molecule has 24 heavy (non-hydrogen) atoms. The van der Waals surface area contributed by atoms with Gasteiger partial charge in [0.2, 0.25) is 11.8 Å². The number of nitrogens with one attached hydrogen (secondary N) is 3. The highest BCUT2D eigenvalue weighted by molar-refractivity contribution is 8.13. The lowest BCUT2D eigenvalue weighted by Crippen LogP contribution is -2.48. The standard InChI is InChI=1S/C13H11N7O3S/c1-24-13-17-11(22)9(12(23)18-13)10(21)16-8-3-2-6(4-14-8)7-5-15-20-19-7/h2-5,9H,1H3,(H,14,16,21)(H,15,19,20)(H,17,18,22,23). The Balaban J connectivity index is 1.72. The summed E-state index contributed by atoms with van der Waals surface area (Å²) in [5, 5.41) is 15.1. The van der Waals surface area contributed by atoms with Crippen LogP contribution in [0.1, 0.15) is 0 Å². The number of carbonyl (C=O) groups excluding carboxylic acids is 3. The maximum atomic E-state index is 12.2. The van der Waals surface area contributed by atoms with E-state index in [0.717, 1.165) is 11.8 Å². The molecule has 3 heterocycles. The predicted octanol–water partition coefficient (Wildman–Crippen LogP) is -0.203. The van der Waals surface area contributed by atoms with E-state index in [9.17, 15) is 14.4 Å². The molecule has 11 heteroatoms. The second-order valence-corrected chi connectivity index (χ2v) is 5.45. The highest BCUT2D eigenvalue weighted by Gasteiger charge is 2.38. The van der Waals surface area contributed by atoms with E-state index < -0.39 is 23.6 Å². The number of anilines is 1. The number of hydrogen-bond acceptors (Lipinski definition) is 7. The molecule has 3 amide bonds. The highest BCUT2D eigenvalue weighted by Crippen LogP contribution is 2.17. The van der Waals surface area contributed by atoms with Gasteiger partial charge in [0, 0.05) is 11.8 Å². The summed E-state index contributed by atoms with van der Waals surface area (Å²) in [4.78, 5) is 43.6. The van der Waals surface area contributed by atoms with E-state index in [0.29, 0.717) is 11.3 Å². The topological polar surface area (TPSA) is 142 Å². The van der Waals surface area contributed by atoms with Crippen LogP contribution in [-0.4, -0.2) is 49.5 Å². The van der Waals surface area contributed by atoms with E-state index in [1.807, 2.05) is 0 Å². The molecule has 0 saturated carbocycles. The first-order chi connectivity index (χ1) is 11.6. The zero-order valence-electron chi connectivity index (χ0n) is 12.3. The number of amidine groups is 1. The molecule has 1 aliphatic heterocycles. The third-order valence-electron chi connectivity index (χ3n) is 3.13. The molecular formula is C13H11N7O3S. The van der Waals surface area contributed by atoms with Gasteiger partial charge in [0.1, 0.15) is 11.5 Å². The van der Waals surface area contributed by atoms with Crippen molar-refractivity contribution in [2.75, 3.05) is 11.6 Å². The maximum absolute atomic E-state index is 12.2. The van der Waals surface area contributed by atoms with Gasteiger partial charge in [0.15, 0.2) is 11.1 Å². The minimum absolute atomic E-state index is 0.170. The molecule has 1 unspecified atom stereocenters. The first-order valence-corrected chi connectivity index (χ1v) is 7.91. The van der Waals surface area contributed by atoms with Gasteiger partial charge in [0.25, 0.3) is 5.91 Å². The van der Waals surface area contributed by atoms with Crippen LogP contribution < -0.4 is 10.6 Å². The Morgan fingerprint density at radius 3 is 2.71 bits per heavy atom. The Kier molecular flexibility index (Phi) is 4.33. The van der Waals surface area contributed by atoms with Gasteiger partial charge < -0.3 is 10.6 Å². The zero-order chi connectivity index (χ0) is 17.1. The minimum atomic E-state index is -1.53. The monoisotopic (exact) mass is 345 g/mol. The van der Waals surface area contributed by atoms with Crippen LogP contribution >= 0.6 is 11.8 Å². The lowest BCUT2D eigenvalue weighted by Gasteiger charge is -2.18. The molecule has 0 radical (unpaired) electrons. The molecule has 2 aromatic heterocycles. The van der Waals surface area contributed by atoms with Crippen LogP contribution in [0.2, 0.25) is 0 Å². The number of carbonyl (C=O) groups is 3. The van der Waals surface area contributed by atoms with Crippen molar-refractivity contribution in [1.29, 1.82) is 0 Å². The van der Waals surface area contributed by atoms with Gasteiger partial charge in [-0.05, 0) is 18.4 Å². The van der Waals surface area contributed by atoms with Crippen LogP contribution in [0.5, 0.6) is 0 Å². The number of aliphatic imine (C=N–C) groups is 1. The molecule has 122 valence electrons. The van der Waals surface area contributed by atoms with Gasteiger partial charge in [-0.2, -0.15) is 20.4 Å². The summed E-state index contributed by atoms with van der Waals surface area (Å²) < 4.78 is 0. The number of thioether (sulfide) groups is 1. The number of aromatic amines is 1. The number of amides is 3. The predicted molar refractivity (Wildman–Crippen MR) is 85.8 cm³/mol. The first kappa shape index (κ1) is 15.8. The van der Waals surface area contributed by atoms with E-state index in [4.69, 9.17) is 0 Å². The van der Waals surface area contributed by atoms with Crippen molar-refractivity contribution in [2.24, 2.45) is 10.9 Å². The molecule has 0 spiro atoms. The van der Waals surface area contributed by atoms with E-state index >= 15 is 0 Å². The molecule has 0 aliphatic carbocycles. The van der Waals surface area contributed by atoms with Gasteiger partial charge in [-0.1, -0.05) is 11.8 Å². The number of aromatic nitrogens is 4. The van der Waals surface area contributed by atoms with E-state index in [-0.39, 0.29) is 11.0 Å². The lowest BCUT2D eigenvalue weighted by molar-refractivity contribution is -0.139. The average molecular weight is 345 g/mol. The SMILES string of the molecule is CSC1=NC(=O)C(C(=O)Nc2ccc(-c3cn[nH]n3)cn2)C(=O)N1. The summed E-state index contributed by atoms with van der Waals surface area (Å²) in [5.74, 6) is -3.63. The van der Waals surface area contributed by atoms with Gasteiger partial charge in [-0.15, -0.1) is 0 Å². The fraction of sp³-hybridized carbons (Fsp3) is 0.154. The molecule has 0 fully saturated rings. The normalized spacial score (nSPS) is 17.2. The molecule has 0 aromatic carbocycles. The van der Waals surface area contributed by atoms with Crippen molar-refractivity contribution < 1.29 is 14.4 Å². The van der Waals surface area contributed by atoms with Crippen LogP contribution in [0.25, 0.3) is 11.3 Å². The summed E-state index contributed by atoms with van der Waals surface area (Å²) in [6.07, 6.45) is 4.68. The number of nitrogens with zero attached hydrogens (tertiary/aromatic N) is 4. The van der Waals surface area contributed by atoms with E-state index in [1.165, 1.54) is 18.5 Å². The Morgan fingerprint density at radius 1 is 1.29 bits per heavy atom. The smallest absolute Gasteiger partial charge is 0.270 e. The fourth-order valence-corrected chi connectivity index (χ4v) is 2.35. The zero-order valence-corrected chi connectivity index (χ0v) is 13.1. The van der Waals surface area contributed by atoms with Crippen molar-refractivity contribution in [3.63, 3.8) is 0 Å². The molecule has 3 N–H and O–H groups in total. The van der Waals surface area contributed by atoms with Gasteiger partial charge in [-0.3, -0.25) is 14.4 Å². The number of H-pyrrole nitrogens is 1. The maximum Gasteiger partial charge on any atom is 0.270 e. The first-order valence-electron chi connectivity index (χ1n) is 6.69. The third kappa shape index (κ3) is 3.15. The van der Waals surface area contributed by atoms with Gasteiger partial charge >= 0.3 is 0 Å². The van der Waals surface area contributed by atoms with Crippen molar-refractivity contribution in [3.8, 4) is 11.3 Å². The molecule has 1 atom stereocenters. The van der Waals surface area contributed by atoms with Crippen LogP contribution in [0.4, 0.5) is 5.82 Å². The van der Waals surface area contributed by atoms with Crippen molar-refractivity contribution >= 4 is 40.5 Å². The van der Waals surface area contributed by atoms with Crippen molar-refractivity contribution in [1.82, 2.24) is 25.7 Å². The third-order valence-corrected chi connectivity index (χ3v) is 3.71. The molecule has 10 nitrogen and oxygen atoms in total. The molecule has 3 rings (SSSR count). The fourth-order valence-electron chi connectivity index (χ4n) is 1.97. The molecule has 0 saturated heterocycles. The Morgan fingerprint density at radius 2 is 2.12 bits per heavy atom. The Labute approximate surface area is 139 Å². The summed E-state index contributed by atoms with van der Waals surface area (Å²) in [6, 6.07) is 3.21. The molecular weight excluding hydrogens is 334 g/mol. The second kappa shape index (κ2) is 6.58. The van der Waals surface area contributed by atoms with Crippen LogP contribution in [0.15, 0.2) is 29.5 Å². The molecule has 1 aliphatic rings. The Bertz CT molecular complexity index is 817. The van der Waals surface area contributed by atoms with E-state index in [1.54, 1.807) is 12.3 Å². The van der Waals surface area contributed by atoms with Crippen LogP contribution in [-0.2, 0) is 14.4 Å². The lowest BCUT2D eigenvalue weighted by atomic mass is 10.1. The minimum Gasteiger partial charge on any atom is -0.310 e. The summed E-state index contributed by atoms with van der Waals surface area (Å²) in [5.41, 5.74) is 1.29. The largest absolute Gasteiger partial charge is 0.310 e. The molecule has 2 aromatic rings. The summed E-state index contributed by atoms with van der Waals surface area (Å²) in [7, 11) is 0. The average Bonchev–Trinajstić information content (AvgIpc) is 3.09. The Hall–Kier alpha value is -3.08. The van der Waals surface area contributed by atoms with Crippen molar-refractivity contribution in [3.05, 3.63) is 24.5 Å². The van der Waals surface area contributed by atoms with Gasteiger partial charge in [-0.25, -0.2) is 4.98 Å². The number of hydrogen-bond donors (Lipinski definition) is 3. The second-order valence-electron chi connectivity index (χ2n) is 4.66. The highest BCUT2D eigenvalue weighted by atomic mass is 32.2. The number of rotatable bonds is 3. The van der Waals surface area contributed by atoms with Crippen LogP contribution in [0.3, 0.4) is 0 Å². The van der Waals surface area contributed by atoms with Crippen LogP contribution in [0, 0.1) is 5.92 Å².